The molecule has 0 atom stereocenters. The number of hydrogen-bond donors (Lipinski definition) is 2. The van der Waals surface area contributed by atoms with Crippen LogP contribution in [0, 0.1) is 0 Å². The first-order valence-electron chi connectivity index (χ1n) is 9.15. The van der Waals surface area contributed by atoms with Gasteiger partial charge in [-0.25, -0.2) is 22.0 Å². The first kappa shape index (κ1) is 21.9. The van der Waals surface area contributed by atoms with Gasteiger partial charge in [0, 0.05) is 23.7 Å². The van der Waals surface area contributed by atoms with Crippen LogP contribution in [-0.2, 0) is 37.7 Å². The van der Waals surface area contributed by atoms with E-state index in [2.05, 4.69) is 5.32 Å². The molecule has 0 radical (unpaired) electrons. The molecule has 1 aromatic carbocycles. The van der Waals surface area contributed by atoms with Crippen LogP contribution in [0.5, 0.6) is 0 Å². The Labute approximate surface area is 174 Å². The van der Waals surface area contributed by atoms with Gasteiger partial charge >= 0.3 is 0 Å². The molecule has 0 unspecified atom stereocenters. The molecule has 1 aliphatic heterocycles. The summed E-state index contributed by atoms with van der Waals surface area (Å²) >= 11 is 1.07. The number of benzene rings is 1. The van der Waals surface area contributed by atoms with Crippen LogP contribution in [0.4, 0.5) is 5.69 Å². The highest BCUT2D eigenvalue weighted by atomic mass is 32.2. The number of aryl methyl sites for hydroxylation is 1. The topological polar surface area (TPSA) is 127 Å². The Hall–Kier alpha value is -1.79. The van der Waals surface area contributed by atoms with Crippen molar-refractivity contribution in [2.45, 2.75) is 41.7 Å². The summed E-state index contributed by atoms with van der Waals surface area (Å²) < 4.78 is 50.4. The van der Waals surface area contributed by atoms with Crippen LogP contribution in [0.15, 0.2) is 39.4 Å². The monoisotopic (exact) mass is 457 g/mol. The van der Waals surface area contributed by atoms with Gasteiger partial charge in [0.05, 0.1) is 11.3 Å². The minimum absolute atomic E-state index is 0.0135. The van der Waals surface area contributed by atoms with Crippen molar-refractivity contribution in [3.63, 3.8) is 0 Å². The lowest BCUT2D eigenvalue weighted by molar-refractivity contribution is -0.115. The van der Waals surface area contributed by atoms with E-state index < -0.39 is 20.0 Å². The van der Waals surface area contributed by atoms with Crippen molar-refractivity contribution in [3.8, 4) is 0 Å². The molecule has 3 rings (SSSR count). The van der Waals surface area contributed by atoms with Crippen molar-refractivity contribution in [3.05, 3.63) is 40.8 Å². The standard InChI is InChI=1S/C18H23N3O5S3/c1-2-13-5-6-14(11-16(13)28(19,23)24)20-17(22)12-15-7-8-18(27-15)29(25,26)21-9-3-4-10-21/h5-8,11H,2-4,9-10,12H2,1H3,(H,20,22)(H2,19,23,24). The third-order valence-electron chi connectivity index (χ3n) is 4.67. The van der Waals surface area contributed by atoms with Crippen LogP contribution in [0.2, 0.25) is 0 Å². The van der Waals surface area contributed by atoms with E-state index in [1.165, 1.54) is 16.4 Å². The van der Waals surface area contributed by atoms with E-state index in [9.17, 15) is 21.6 Å². The second kappa shape index (κ2) is 8.52. The number of carbonyl (C=O) groups is 1. The maximum absolute atomic E-state index is 12.6. The van der Waals surface area contributed by atoms with Gasteiger partial charge in [0.1, 0.15) is 4.21 Å². The Balaban J connectivity index is 1.71. The Kier molecular flexibility index (Phi) is 6.44. The minimum atomic E-state index is -3.90. The number of thiophene rings is 1. The van der Waals surface area contributed by atoms with Gasteiger partial charge in [-0.2, -0.15) is 4.31 Å². The second-order valence-corrected chi connectivity index (χ2v) is 11.6. The Morgan fingerprint density at radius 1 is 1.14 bits per heavy atom. The molecule has 0 bridgehead atoms. The number of hydrogen-bond acceptors (Lipinski definition) is 6. The fourth-order valence-electron chi connectivity index (χ4n) is 3.20. The summed E-state index contributed by atoms with van der Waals surface area (Å²) in [6.07, 6.45) is 2.19. The lowest BCUT2D eigenvalue weighted by Crippen LogP contribution is -2.27. The average molecular weight is 458 g/mol. The van der Waals surface area contributed by atoms with E-state index in [-0.39, 0.29) is 21.4 Å². The number of amides is 1. The van der Waals surface area contributed by atoms with Crippen molar-refractivity contribution in [1.29, 1.82) is 0 Å². The van der Waals surface area contributed by atoms with Gasteiger partial charge < -0.3 is 5.32 Å². The summed E-state index contributed by atoms with van der Waals surface area (Å²) in [7, 11) is -7.41. The lowest BCUT2D eigenvalue weighted by atomic mass is 10.1. The number of nitrogens with one attached hydrogen (secondary N) is 1. The summed E-state index contributed by atoms with van der Waals surface area (Å²) in [5.74, 6) is -0.374. The van der Waals surface area contributed by atoms with Gasteiger partial charge in [0.2, 0.25) is 15.9 Å². The molecule has 0 spiro atoms. The van der Waals surface area contributed by atoms with Crippen LogP contribution in [0.1, 0.15) is 30.2 Å². The molecule has 1 aliphatic rings. The maximum atomic E-state index is 12.6. The smallest absolute Gasteiger partial charge is 0.252 e. The van der Waals surface area contributed by atoms with Crippen LogP contribution in [-0.4, -0.2) is 40.1 Å². The molecule has 1 amide bonds. The molecule has 3 N–H and O–H groups in total. The van der Waals surface area contributed by atoms with Crippen molar-refractivity contribution < 1.29 is 21.6 Å². The summed E-state index contributed by atoms with van der Waals surface area (Å²) in [6, 6.07) is 7.72. The lowest BCUT2D eigenvalue weighted by Gasteiger charge is -2.13. The van der Waals surface area contributed by atoms with E-state index in [0.29, 0.717) is 35.6 Å². The molecular weight excluding hydrogens is 434 g/mol. The van der Waals surface area contributed by atoms with Crippen molar-refractivity contribution in [2.75, 3.05) is 18.4 Å². The third-order valence-corrected chi connectivity index (χ3v) is 9.11. The van der Waals surface area contributed by atoms with E-state index >= 15 is 0 Å². The zero-order valence-corrected chi connectivity index (χ0v) is 18.4. The first-order chi connectivity index (χ1) is 13.6. The molecule has 158 valence electrons. The van der Waals surface area contributed by atoms with Gasteiger partial charge in [-0.3, -0.25) is 4.79 Å². The number of anilines is 1. The Morgan fingerprint density at radius 2 is 1.83 bits per heavy atom. The predicted octanol–water partition coefficient (Wildman–Crippen LogP) is 1.92. The zero-order valence-electron chi connectivity index (χ0n) is 15.9. The molecule has 0 saturated carbocycles. The van der Waals surface area contributed by atoms with E-state index in [4.69, 9.17) is 5.14 Å². The van der Waals surface area contributed by atoms with Crippen LogP contribution >= 0.6 is 11.3 Å². The van der Waals surface area contributed by atoms with Gasteiger partial charge in [-0.15, -0.1) is 11.3 Å². The summed E-state index contributed by atoms with van der Waals surface area (Å²) in [6.45, 7) is 2.86. The van der Waals surface area contributed by atoms with Crippen LogP contribution in [0.3, 0.4) is 0 Å². The predicted molar refractivity (Wildman–Crippen MR) is 112 cm³/mol. The van der Waals surface area contributed by atoms with Gasteiger partial charge in [-0.1, -0.05) is 13.0 Å². The van der Waals surface area contributed by atoms with Crippen LogP contribution in [0.25, 0.3) is 0 Å². The first-order valence-corrected chi connectivity index (χ1v) is 13.0. The molecule has 1 aromatic heterocycles. The number of carbonyl (C=O) groups excluding carboxylic acids is 1. The average Bonchev–Trinajstić information content (AvgIpc) is 3.33. The van der Waals surface area contributed by atoms with Gasteiger partial charge in [-0.05, 0) is 49.1 Å². The number of nitrogens with two attached hydrogens (primary N) is 1. The van der Waals surface area contributed by atoms with Gasteiger partial charge in [0.25, 0.3) is 10.0 Å². The van der Waals surface area contributed by atoms with Crippen molar-refractivity contribution in [1.82, 2.24) is 4.31 Å². The highest BCUT2D eigenvalue weighted by Gasteiger charge is 2.28. The van der Waals surface area contributed by atoms with E-state index in [0.717, 1.165) is 24.2 Å². The number of nitrogens with zero attached hydrogens (tertiary/aromatic N) is 1. The molecule has 2 heterocycles. The van der Waals surface area contributed by atoms with Crippen molar-refractivity contribution >= 4 is 43.0 Å². The van der Waals surface area contributed by atoms with Gasteiger partial charge in [0.15, 0.2) is 0 Å². The second-order valence-electron chi connectivity index (χ2n) is 6.78. The molecule has 2 aromatic rings. The minimum Gasteiger partial charge on any atom is -0.326 e. The highest BCUT2D eigenvalue weighted by Crippen LogP contribution is 2.28. The Bertz CT molecular complexity index is 1120. The largest absolute Gasteiger partial charge is 0.326 e. The fraction of sp³-hybridized carbons (Fsp3) is 0.389. The molecule has 1 saturated heterocycles. The summed E-state index contributed by atoms with van der Waals surface area (Å²) in [5, 5.41) is 7.90. The zero-order chi connectivity index (χ0) is 21.2. The SMILES string of the molecule is CCc1ccc(NC(=O)Cc2ccc(S(=O)(=O)N3CCCC3)s2)cc1S(N)(=O)=O. The van der Waals surface area contributed by atoms with Crippen molar-refractivity contribution in [2.24, 2.45) is 5.14 Å². The number of primary sulfonamides is 1. The highest BCUT2D eigenvalue weighted by molar-refractivity contribution is 7.91. The molecule has 11 heteroatoms. The number of rotatable bonds is 7. The molecule has 29 heavy (non-hydrogen) atoms. The van der Waals surface area contributed by atoms with E-state index in [1.54, 1.807) is 18.2 Å². The number of sulfonamides is 2. The normalized spacial score (nSPS) is 15.5. The molecule has 1 fully saturated rings. The molecule has 0 aliphatic carbocycles. The third kappa shape index (κ3) is 5.04. The quantitative estimate of drug-likeness (QED) is 0.657. The molecule has 8 nitrogen and oxygen atoms in total. The summed E-state index contributed by atoms with van der Waals surface area (Å²) in [5.41, 5.74) is 0.887. The maximum Gasteiger partial charge on any atom is 0.252 e. The molecular formula is C18H23N3O5S3. The van der Waals surface area contributed by atoms with Crippen LogP contribution < -0.4 is 10.5 Å². The van der Waals surface area contributed by atoms with E-state index in [1.807, 2.05) is 6.92 Å². The Morgan fingerprint density at radius 3 is 2.45 bits per heavy atom. The fourth-order valence-corrected chi connectivity index (χ4v) is 7.10. The summed E-state index contributed by atoms with van der Waals surface area (Å²) in [4.78, 5) is 13.0.